The van der Waals surface area contributed by atoms with Gasteiger partial charge in [-0.2, -0.15) is 0 Å². The van der Waals surface area contributed by atoms with Crippen LogP contribution in [0.25, 0.3) is 80.9 Å². The number of hydrogen-bond donors (Lipinski definition) is 0. The average molecular weight is 917 g/mol. The fourth-order valence-corrected chi connectivity index (χ4v) is 14.9. The molecule has 0 unspecified atom stereocenters. The molecule has 0 bridgehead atoms. The summed E-state index contributed by atoms with van der Waals surface area (Å²) in [5, 5.41) is 6.68. The first-order valence-corrected chi connectivity index (χ1v) is 26.3. The molecule has 2 aliphatic carbocycles. The summed E-state index contributed by atoms with van der Waals surface area (Å²) in [5.41, 5.74) is 22.7. The first-order chi connectivity index (χ1) is 32.8. The fourth-order valence-electron chi connectivity index (χ4n) is 13.7. The summed E-state index contributed by atoms with van der Waals surface area (Å²) in [6, 6.07) is 45.2. The molecule has 0 fully saturated rings. The topological polar surface area (TPSA) is 21.3 Å². The molecule has 5 heterocycles. The molecular weight excluding hydrogens is 856 g/mol. The Morgan fingerprint density at radius 1 is 0.580 bits per heavy atom. The molecule has 2 aliphatic heterocycles. The first-order valence-electron chi connectivity index (χ1n) is 25.5. The summed E-state index contributed by atoms with van der Waals surface area (Å²) in [7, 11) is 0. The van der Waals surface area contributed by atoms with E-state index in [1.54, 1.807) is 0 Å². The van der Waals surface area contributed by atoms with E-state index < -0.39 is 0 Å². The molecule has 0 spiro atoms. The number of fused-ring (bicyclic) bond motifs is 16. The molecular formula is C64H61BN2OS. The monoisotopic (exact) mass is 916 g/mol. The molecule has 5 heteroatoms. The van der Waals surface area contributed by atoms with Crippen LogP contribution in [0.1, 0.15) is 130 Å². The van der Waals surface area contributed by atoms with Crippen LogP contribution in [-0.2, 0) is 27.1 Å². The van der Waals surface area contributed by atoms with Gasteiger partial charge in [0.1, 0.15) is 5.58 Å². The van der Waals surface area contributed by atoms with Crippen molar-refractivity contribution in [2.75, 3.05) is 4.81 Å². The zero-order chi connectivity index (χ0) is 47.5. The molecule has 7 aromatic carbocycles. The Labute approximate surface area is 411 Å². The molecule has 342 valence electrons. The molecule has 3 nitrogen and oxygen atoms in total. The maximum Gasteiger partial charge on any atom is 0.333 e. The number of thiophene rings is 1. The Kier molecular flexibility index (Phi) is 8.15. The van der Waals surface area contributed by atoms with E-state index in [1.807, 2.05) is 17.6 Å². The van der Waals surface area contributed by atoms with Crippen molar-refractivity contribution in [3.05, 3.63) is 149 Å². The molecule has 0 radical (unpaired) electrons. The van der Waals surface area contributed by atoms with E-state index in [-0.39, 0.29) is 33.9 Å². The lowest BCUT2D eigenvalue weighted by Crippen LogP contribution is -2.60. The Hall–Kier alpha value is -6.04. The zero-order valence-corrected chi connectivity index (χ0v) is 43.0. The summed E-state index contributed by atoms with van der Waals surface area (Å²) in [6.07, 6.45) is 6.66. The van der Waals surface area contributed by atoms with Crippen LogP contribution in [0.3, 0.4) is 0 Å². The number of rotatable bonds is 2. The predicted octanol–water partition coefficient (Wildman–Crippen LogP) is 16.8. The predicted molar refractivity (Wildman–Crippen MR) is 297 cm³/mol. The van der Waals surface area contributed by atoms with Crippen LogP contribution < -0.4 is 15.7 Å². The number of nitrogens with zero attached hydrogens (tertiary/aromatic N) is 2. The fraction of sp³-hybridized carbons (Fsp3) is 0.312. The van der Waals surface area contributed by atoms with Crippen molar-refractivity contribution in [2.45, 2.75) is 129 Å². The highest BCUT2D eigenvalue weighted by Gasteiger charge is 2.49. The van der Waals surface area contributed by atoms with Gasteiger partial charge >= 0.3 is 6.85 Å². The number of benzene rings is 7. The van der Waals surface area contributed by atoms with Crippen LogP contribution in [-0.4, -0.2) is 11.4 Å². The van der Waals surface area contributed by atoms with Crippen molar-refractivity contribution in [3.8, 4) is 27.9 Å². The summed E-state index contributed by atoms with van der Waals surface area (Å²) in [5.74, 6) is 0. The maximum absolute atomic E-state index is 6.74. The molecule has 4 aliphatic rings. The quantitative estimate of drug-likeness (QED) is 0.161. The molecule has 0 atom stereocenters. The lowest BCUT2D eigenvalue weighted by Gasteiger charge is -2.46. The van der Waals surface area contributed by atoms with Crippen molar-refractivity contribution in [2.24, 2.45) is 0 Å². The number of hydrogen-bond acceptors (Lipinski definition) is 3. The van der Waals surface area contributed by atoms with E-state index in [0.29, 0.717) is 0 Å². The molecule has 0 saturated heterocycles. The van der Waals surface area contributed by atoms with E-state index in [1.165, 1.54) is 134 Å². The van der Waals surface area contributed by atoms with Gasteiger partial charge in [-0.25, -0.2) is 0 Å². The van der Waals surface area contributed by atoms with Crippen LogP contribution in [0.15, 0.2) is 126 Å². The highest BCUT2D eigenvalue weighted by Crippen LogP contribution is 2.57. The summed E-state index contributed by atoms with van der Waals surface area (Å²) in [4.78, 5) is 2.75. The van der Waals surface area contributed by atoms with Gasteiger partial charge in [-0.15, -0.1) is 11.3 Å². The molecule has 0 N–H and O–H groups in total. The third-order valence-electron chi connectivity index (χ3n) is 17.9. The van der Waals surface area contributed by atoms with Crippen molar-refractivity contribution in [3.63, 3.8) is 0 Å². The normalized spacial score (nSPS) is 18.2. The Morgan fingerprint density at radius 2 is 1.20 bits per heavy atom. The van der Waals surface area contributed by atoms with Gasteiger partial charge in [-0.1, -0.05) is 137 Å². The van der Waals surface area contributed by atoms with Crippen LogP contribution in [0.5, 0.6) is 0 Å². The SMILES string of the molecule is CC(C)(C)c1ccc(N2B3c4cc5occ(-c6ccccc6)c5cc4-n4c5cc6c(cc5c5c7c(sc8ccccc87)c(c3c54)-c3cc4c(cc32)C(C)(C)CCC4(C)C)C(C)(C)CCC6(C)C)cc1. The number of anilines is 2. The third kappa shape index (κ3) is 5.57. The molecule has 10 aromatic rings. The van der Waals surface area contributed by atoms with Crippen LogP contribution in [0.2, 0.25) is 0 Å². The van der Waals surface area contributed by atoms with E-state index >= 15 is 0 Å². The van der Waals surface area contributed by atoms with Crippen molar-refractivity contribution in [1.29, 1.82) is 0 Å². The van der Waals surface area contributed by atoms with Crippen molar-refractivity contribution in [1.82, 2.24) is 4.57 Å². The molecule has 3 aromatic heterocycles. The second-order valence-electron chi connectivity index (χ2n) is 25.0. The van der Waals surface area contributed by atoms with Gasteiger partial charge in [0.15, 0.2) is 0 Å². The summed E-state index contributed by atoms with van der Waals surface area (Å²) >= 11 is 2.00. The summed E-state index contributed by atoms with van der Waals surface area (Å²) in [6.45, 7) is 26.7. The number of furan rings is 1. The van der Waals surface area contributed by atoms with Gasteiger partial charge in [0.2, 0.25) is 0 Å². The van der Waals surface area contributed by atoms with Gasteiger partial charge in [-0.3, -0.25) is 0 Å². The lowest BCUT2D eigenvalue weighted by atomic mass is 9.43. The summed E-state index contributed by atoms with van der Waals surface area (Å²) < 4.78 is 12.2. The maximum atomic E-state index is 6.74. The zero-order valence-electron chi connectivity index (χ0n) is 42.2. The standard InChI is InChI=1S/C64H61BN2OS/c1-60(2,3)37-21-23-38(24-22-37)67-50-33-47-45(62(6,7)26-28-64(47,10)11)30-42(50)56-57-58-54(55-39-19-15-16-20-53(39)69-59(55)56)41-29-44-46(63(8,9)27-25-61(44,4)5)32-49(41)66(58)51-31-40-43(36-17-13-12-14-18-36)35-68-52(40)34-48(51)65(57)67/h12-24,29-35H,25-28H2,1-11H3. The van der Waals surface area contributed by atoms with Gasteiger partial charge in [0.25, 0.3) is 0 Å². The highest BCUT2D eigenvalue weighted by molar-refractivity contribution is 7.27. The minimum atomic E-state index is -0.133. The second kappa shape index (κ2) is 13.4. The lowest BCUT2D eigenvalue weighted by molar-refractivity contribution is 0.332. The largest absolute Gasteiger partial charge is 0.464 e. The number of aromatic nitrogens is 1. The van der Waals surface area contributed by atoms with E-state index in [4.69, 9.17) is 4.42 Å². The second-order valence-corrected chi connectivity index (χ2v) is 26.1. The van der Waals surface area contributed by atoms with Gasteiger partial charge < -0.3 is 13.8 Å². The van der Waals surface area contributed by atoms with E-state index in [2.05, 4.69) is 201 Å². The van der Waals surface area contributed by atoms with Crippen molar-refractivity contribution < 1.29 is 4.42 Å². The molecule has 0 saturated carbocycles. The van der Waals surface area contributed by atoms with Gasteiger partial charge in [-0.05, 0) is 152 Å². The van der Waals surface area contributed by atoms with E-state index in [0.717, 1.165) is 23.0 Å². The smallest absolute Gasteiger partial charge is 0.333 e. The Balaban J connectivity index is 1.23. The minimum Gasteiger partial charge on any atom is -0.464 e. The van der Waals surface area contributed by atoms with Crippen LogP contribution >= 0.6 is 11.3 Å². The minimum absolute atomic E-state index is 0.0284. The van der Waals surface area contributed by atoms with Crippen LogP contribution in [0, 0.1) is 0 Å². The first kappa shape index (κ1) is 41.9. The molecule has 0 amide bonds. The Morgan fingerprint density at radius 3 is 1.88 bits per heavy atom. The van der Waals surface area contributed by atoms with Crippen LogP contribution in [0.4, 0.5) is 11.4 Å². The van der Waals surface area contributed by atoms with E-state index in [9.17, 15) is 0 Å². The average Bonchev–Trinajstić information content (AvgIpc) is 4.02. The molecule has 14 rings (SSSR count). The van der Waals surface area contributed by atoms with Gasteiger partial charge in [0, 0.05) is 70.1 Å². The third-order valence-corrected chi connectivity index (χ3v) is 19.1. The molecule has 69 heavy (non-hydrogen) atoms. The highest BCUT2D eigenvalue weighted by atomic mass is 32.1. The van der Waals surface area contributed by atoms with Gasteiger partial charge in [0.05, 0.1) is 17.3 Å². The van der Waals surface area contributed by atoms with Crippen molar-refractivity contribution >= 4 is 93.4 Å². The Bertz CT molecular complexity index is 3890.